The van der Waals surface area contributed by atoms with E-state index in [1.54, 1.807) is 50.5 Å². The molecule has 0 unspecified atom stereocenters. The van der Waals surface area contributed by atoms with Crippen LogP contribution in [0.15, 0.2) is 116 Å². The molecule has 0 aliphatic carbocycles. The molecule has 0 atom stereocenters. The van der Waals surface area contributed by atoms with E-state index >= 15 is 0 Å². The Balaban J connectivity index is 0.000000276. The van der Waals surface area contributed by atoms with Crippen molar-refractivity contribution in [2.75, 3.05) is 24.9 Å². The van der Waals surface area contributed by atoms with Crippen LogP contribution in [0, 0.1) is 25.7 Å². The maximum Gasteiger partial charge on any atom is 0.488 e. The normalized spacial score (nSPS) is 15.4. The number of aromatic nitrogens is 4. The first-order valence-electron chi connectivity index (χ1n) is 23.3. The molecular weight excluding hydrogens is 1110 g/mol. The van der Waals surface area contributed by atoms with Crippen LogP contribution in [0.3, 0.4) is 0 Å². The first kappa shape index (κ1) is 64.3. The molecule has 4 aromatic carbocycles. The summed E-state index contributed by atoms with van der Waals surface area (Å²) in [5, 5.41) is 20.6. The third kappa shape index (κ3) is 16.0. The number of benzene rings is 4. The number of carbonyl (C=O) groups is 2. The van der Waals surface area contributed by atoms with Crippen molar-refractivity contribution in [3.05, 3.63) is 152 Å². The number of para-hydroxylation sites is 2. The second kappa shape index (κ2) is 27.3. The summed E-state index contributed by atoms with van der Waals surface area (Å²) in [7, 11) is 4.97. The van der Waals surface area contributed by atoms with Crippen molar-refractivity contribution in [2.45, 2.75) is 106 Å². The predicted molar refractivity (Wildman–Crippen MR) is 307 cm³/mol. The molecule has 2 aliphatic rings. The maximum absolute atomic E-state index is 14.2. The molecule has 0 spiro atoms. The van der Waals surface area contributed by atoms with Gasteiger partial charge in [0.2, 0.25) is 11.9 Å². The van der Waals surface area contributed by atoms with Gasteiger partial charge in [-0.25, -0.2) is 9.36 Å². The van der Waals surface area contributed by atoms with Crippen molar-refractivity contribution < 1.29 is 46.7 Å². The Bertz CT molecular complexity index is 2890. The quantitative estimate of drug-likeness (QED) is 0.0763. The number of anilines is 2. The highest BCUT2D eigenvalue weighted by molar-refractivity contribution is 9.10. The molecule has 6 aromatic rings. The van der Waals surface area contributed by atoms with E-state index in [9.17, 15) is 18.4 Å². The molecule has 76 heavy (non-hydrogen) atoms. The highest BCUT2D eigenvalue weighted by Gasteiger charge is 2.63. The summed E-state index contributed by atoms with van der Waals surface area (Å²) in [5.41, 5.74) is 3.98. The minimum atomic E-state index is -0.663. The molecule has 2 N–H and O–H groups in total. The Labute approximate surface area is 463 Å². The molecule has 2 amide bonds. The number of amides is 2. The molecule has 408 valence electrons. The minimum absolute atomic E-state index is 0. The standard InChI is InChI=1S/C20H19FN4O2.C12H24B2O4.C12H11BrFN3O.C8H8BrNO.2CH4/c1-13-18(19(21)25(2)24-13)20(26)23-17-7-5-4-6-16(17)15-10-8-14(9-11-15)12-22-27-3;1-9(2)10(3,4)16-13(15-9)14-17-11(5,6)12(7,8)18-14;1-7-10(11(14)17(2)16-7)12(18)15-9-6-4-3-5-8(9)13;1-11-10-6-7-2-4-8(9)5-3-7;;/h4-12H,1-3H3,(H,23,26);1-8H3;3-6H,1-2H3,(H,15,18);2-6H,1H3;2*1H4/b22-12+;;;10-6+;;. The Morgan fingerprint density at radius 2 is 0.947 bits per heavy atom. The predicted octanol–water partition coefficient (Wildman–Crippen LogP) is 12.6. The van der Waals surface area contributed by atoms with Gasteiger partial charge in [-0.3, -0.25) is 9.59 Å². The molecule has 0 bridgehead atoms. The van der Waals surface area contributed by atoms with Crippen LogP contribution >= 0.6 is 31.9 Å². The second-order valence-electron chi connectivity index (χ2n) is 18.9. The number of carbonyl (C=O) groups excluding carboxylic acids is 2. The third-order valence-corrected chi connectivity index (χ3v) is 13.7. The van der Waals surface area contributed by atoms with Gasteiger partial charge >= 0.3 is 14.0 Å². The molecular formula is C54H70B2Br2F2N8O8. The SMILES string of the molecule is C.C.CC1(C)OB(B2OC(C)(C)C(C)(C)O2)OC1(C)C.CO/N=C/c1ccc(-c2ccccc2NC(=O)c2c(C)nn(C)c2F)cc1.CO/N=C/c1ccc(Br)cc1.Cc1nn(C)c(F)c1C(=O)Nc1ccccc1Br. The summed E-state index contributed by atoms with van der Waals surface area (Å²) >= 11 is 6.65. The molecule has 0 radical (unpaired) electrons. The van der Waals surface area contributed by atoms with Gasteiger partial charge in [-0.2, -0.15) is 19.0 Å². The van der Waals surface area contributed by atoms with Gasteiger partial charge in [-0.05, 0) is 132 Å². The van der Waals surface area contributed by atoms with E-state index in [4.69, 9.17) is 18.6 Å². The van der Waals surface area contributed by atoms with E-state index in [0.29, 0.717) is 22.8 Å². The van der Waals surface area contributed by atoms with E-state index in [2.05, 4.69) is 72.7 Å². The molecule has 2 fully saturated rings. The fourth-order valence-electron chi connectivity index (χ4n) is 7.08. The summed E-state index contributed by atoms with van der Waals surface area (Å²) in [4.78, 5) is 33.8. The summed E-state index contributed by atoms with van der Waals surface area (Å²) in [6.07, 6.45) is 3.26. The van der Waals surface area contributed by atoms with E-state index in [0.717, 1.165) is 40.6 Å². The number of aryl methyl sites for hydroxylation is 4. The van der Waals surface area contributed by atoms with Crippen LogP contribution in [-0.2, 0) is 42.4 Å². The molecule has 2 aliphatic heterocycles. The molecule has 22 heteroatoms. The van der Waals surface area contributed by atoms with E-state index in [1.807, 2.05) is 128 Å². The number of nitrogens with zero attached hydrogens (tertiary/aromatic N) is 6. The fraction of sp³-hybridized carbons (Fsp3) is 0.370. The van der Waals surface area contributed by atoms with Gasteiger partial charge in [0.05, 0.1) is 51.9 Å². The number of rotatable bonds is 10. The third-order valence-electron chi connectivity index (χ3n) is 12.5. The lowest BCUT2D eigenvalue weighted by Crippen LogP contribution is -2.41. The van der Waals surface area contributed by atoms with Crippen LogP contribution < -0.4 is 10.6 Å². The molecule has 16 nitrogen and oxygen atoms in total. The Morgan fingerprint density at radius 1 is 0.592 bits per heavy atom. The lowest BCUT2D eigenvalue weighted by molar-refractivity contribution is 0.00578. The maximum atomic E-state index is 14.2. The van der Waals surface area contributed by atoms with Crippen molar-refractivity contribution >= 4 is 81.5 Å². The lowest BCUT2D eigenvalue weighted by atomic mass is 9.49. The number of halogens is 4. The second-order valence-corrected chi connectivity index (χ2v) is 20.7. The van der Waals surface area contributed by atoms with Crippen molar-refractivity contribution in [1.29, 1.82) is 0 Å². The first-order valence-corrected chi connectivity index (χ1v) is 24.9. The fourth-order valence-corrected chi connectivity index (χ4v) is 7.72. The Kier molecular flexibility index (Phi) is 23.1. The smallest absolute Gasteiger partial charge is 0.405 e. The molecule has 8 rings (SSSR count). The lowest BCUT2D eigenvalue weighted by Gasteiger charge is -2.32. The monoisotopic (exact) mass is 1180 g/mol. The van der Waals surface area contributed by atoms with Gasteiger partial charge in [-0.1, -0.05) is 108 Å². The van der Waals surface area contributed by atoms with Crippen LogP contribution in [-0.4, -0.2) is 94.4 Å². The number of nitrogens with one attached hydrogen (secondary N) is 2. The average molecular weight is 1180 g/mol. The molecule has 0 saturated carbocycles. The van der Waals surface area contributed by atoms with Crippen LogP contribution in [0.4, 0.5) is 20.2 Å². The zero-order valence-corrected chi connectivity index (χ0v) is 47.2. The van der Waals surface area contributed by atoms with Gasteiger partial charge in [0.15, 0.2) is 0 Å². The summed E-state index contributed by atoms with van der Waals surface area (Å²) in [5.74, 6) is -2.35. The van der Waals surface area contributed by atoms with Gasteiger partial charge in [0.25, 0.3) is 11.8 Å². The van der Waals surface area contributed by atoms with Crippen LogP contribution in [0.25, 0.3) is 11.1 Å². The summed E-state index contributed by atoms with van der Waals surface area (Å²) < 4.78 is 55.6. The zero-order valence-electron chi connectivity index (χ0n) is 44.0. The average Bonchev–Trinajstić information content (AvgIpc) is 3.93. The van der Waals surface area contributed by atoms with E-state index in [1.165, 1.54) is 28.3 Å². The van der Waals surface area contributed by atoms with E-state index < -0.39 is 37.7 Å². The Morgan fingerprint density at radius 3 is 1.32 bits per heavy atom. The van der Waals surface area contributed by atoms with Gasteiger partial charge in [0.1, 0.15) is 25.3 Å². The van der Waals surface area contributed by atoms with Crippen molar-refractivity contribution in [1.82, 2.24) is 19.6 Å². The highest BCUT2D eigenvalue weighted by Crippen LogP contribution is 2.43. The minimum Gasteiger partial charge on any atom is -0.405 e. The molecule has 2 saturated heterocycles. The number of oxime groups is 2. The van der Waals surface area contributed by atoms with Crippen LogP contribution in [0.2, 0.25) is 0 Å². The van der Waals surface area contributed by atoms with Crippen molar-refractivity contribution in [3.8, 4) is 11.1 Å². The van der Waals surface area contributed by atoms with Crippen molar-refractivity contribution in [2.24, 2.45) is 24.4 Å². The largest absolute Gasteiger partial charge is 0.488 e. The zero-order chi connectivity index (χ0) is 54.8. The first-order chi connectivity index (χ1) is 34.7. The molecule has 2 aromatic heterocycles. The van der Waals surface area contributed by atoms with Gasteiger partial charge in [-0.15, -0.1) is 0 Å². The number of hydrogen-bond acceptors (Lipinski definition) is 12. The van der Waals surface area contributed by atoms with E-state index in [-0.39, 0.29) is 48.4 Å². The topological polar surface area (TPSA) is 174 Å². The van der Waals surface area contributed by atoms with Crippen LogP contribution in [0.1, 0.15) is 113 Å². The van der Waals surface area contributed by atoms with Crippen LogP contribution in [0.5, 0.6) is 0 Å². The molecule has 4 heterocycles. The highest BCUT2D eigenvalue weighted by atomic mass is 79.9. The van der Waals surface area contributed by atoms with Gasteiger partial charge < -0.3 is 38.9 Å². The van der Waals surface area contributed by atoms with Gasteiger partial charge in [0, 0.05) is 34.3 Å². The summed E-state index contributed by atoms with van der Waals surface area (Å²) in [6.45, 7) is 19.4. The number of hydrogen-bond donors (Lipinski definition) is 2. The summed E-state index contributed by atoms with van der Waals surface area (Å²) in [6, 6.07) is 29.9. The van der Waals surface area contributed by atoms with Crippen molar-refractivity contribution in [3.63, 3.8) is 0 Å². The Hall–Kier alpha value is -6.03.